The molecule has 1 aromatic heterocycles. The summed E-state index contributed by atoms with van der Waals surface area (Å²) in [5, 5.41) is 11.9. The van der Waals surface area contributed by atoms with Crippen LogP contribution in [0.15, 0.2) is 36.5 Å². The van der Waals surface area contributed by atoms with Crippen molar-refractivity contribution >= 4 is 22.7 Å². The van der Waals surface area contributed by atoms with Crippen molar-refractivity contribution < 1.29 is 5.11 Å². The lowest BCUT2D eigenvalue weighted by Gasteiger charge is -2.14. The van der Waals surface area contributed by atoms with Crippen LogP contribution in [0.2, 0.25) is 0 Å². The molecule has 0 saturated heterocycles. The molecule has 0 amide bonds. The van der Waals surface area contributed by atoms with Crippen LogP contribution in [-0.4, -0.2) is 21.1 Å². The molecule has 1 N–H and O–H groups in total. The summed E-state index contributed by atoms with van der Waals surface area (Å²) in [4.78, 5) is 4.32. The van der Waals surface area contributed by atoms with Crippen LogP contribution < -0.4 is 0 Å². The first-order valence-electron chi connectivity index (χ1n) is 6.35. The van der Waals surface area contributed by atoms with Gasteiger partial charge in [-0.05, 0) is 24.1 Å². The quantitative estimate of drug-likeness (QED) is 0.888. The van der Waals surface area contributed by atoms with Gasteiger partial charge in [0.05, 0.1) is 11.6 Å². The Balaban J connectivity index is 2.10. The number of hydrogen-bond donors (Lipinski definition) is 1. The molecule has 18 heavy (non-hydrogen) atoms. The summed E-state index contributed by atoms with van der Waals surface area (Å²) in [7, 11) is 0. The highest BCUT2D eigenvalue weighted by atomic mass is 32.2. The van der Waals surface area contributed by atoms with E-state index in [1.165, 1.54) is 0 Å². The second-order valence-corrected chi connectivity index (χ2v) is 5.99. The Morgan fingerprint density at radius 1 is 1.33 bits per heavy atom. The Morgan fingerprint density at radius 3 is 2.94 bits per heavy atom. The highest BCUT2D eigenvalue weighted by molar-refractivity contribution is 7.99. The molecule has 0 spiro atoms. The topological polar surface area (TPSA) is 33.1 Å². The Bertz CT molecular complexity index is 515. The lowest BCUT2D eigenvalue weighted by Crippen LogP contribution is -2.04. The van der Waals surface area contributed by atoms with E-state index in [1.807, 2.05) is 42.1 Å². The number of hydrogen-bond acceptors (Lipinski definition) is 3. The fourth-order valence-corrected chi connectivity index (χ4v) is 2.70. The molecule has 1 aromatic carbocycles. The fraction of sp³-hybridized carbons (Fsp3) is 0.400. The second-order valence-electron chi connectivity index (χ2n) is 4.52. The van der Waals surface area contributed by atoms with Crippen molar-refractivity contribution in [3.8, 4) is 0 Å². The van der Waals surface area contributed by atoms with Gasteiger partial charge in [-0.2, -0.15) is 11.8 Å². The van der Waals surface area contributed by atoms with Gasteiger partial charge in [-0.25, -0.2) is 0 Å². The first-order valence-corrected chi connectivity index (χ1v) is 7.40. The molecule has 2 aromatic rings. The van der Waals surface area contributed by atoms with Crippen LogP contribution in [0.1, 0.15) is 31.9 Å². The zero-order chi connectivity index (χ0) is 13.0. The van der Waals surface area contributed by atoms with E-state index in [0.29, 0.717) is 5.25 Å². The first kappa shape index (κ1) is 13.4. The summed E-state index contributed by atoms with van der Waals surface area (Å²) in [6.45, 7) is 4.36. The molecule has 2 atom stereocenters. The molecule has 0 radical (unpaired) electrons. The van der Waals surface area contributed by atoms with Gasteiger partial charge < -0.3 is 5.11 Å². The predicted octanol–water partition coefficient (Wildman–Crippen LogP) is 3.80. The summed E-state index contributed by atoms with van der Waals surface area (Å²) in [5.41, 5.74) is 1.90. The van der Waals surface area contributed by atoms with Crippen LogP contribution in [0.4, 0.5) is 0 Å². The molecule has 2 nitrogen and oxygen atoms in total. The lowest BCUT2D eigenvalue weighted by molar-refractivity contribution is 0.204. The molecule has 0 aliphatic rings. The highest BCUT2D eigenvalue weighted by Gasteiger charge is 2.10. The Kier molecular flexibility index (Phi) is 4.61. The number of aromatic nitrogens is 1. The lowest BCUT2D eigenvalue weighted by atomic mass is 10.1. The van der Waals surface area contributed by atoms with E-state index in [1.54, 1.807) is 6.20 Å². The van der Waals surface area contributed by atoms with E-state index in [9.17, 15) is 5.11 Å². The largest absolute Gasteiger partial charge is 0.388 e. The number of aliphatic hydroxyl groups is 1. The number of thioether (sulfide) groups is 1. The Labute approximate surface area is 112 Å². The van der Waals surface area contributed by atoms with Crippen molar-refractivity contribution in [1.82, 2.24) is 4.98 Å². The summed E-state index contributed by atoms with van der Waals surface area (Å²) in [6.07, 6.45) is 2.51. The first-order chi connectivity index (χ1) is 8.70. The number of aliphatic hydroxyl groups excluding tert-OH is 1. The summed E-state index contributed by atoms with van der Waals surface area (Å²) in [6, 6.07) is 9.96. The smallest absolute Gasteiger partial charge is 0.0881 e. The standard InChI is InChI=1S/C15H19NOS/c1-3-11(2)18-10-15(17)13-7-6-12-5-4-8-16-14(12)9-13/h4-9,11,15,17H,3,10H2,1-2H3. The fourth-order valence-electron chi connectivity index (χ4n) is 1.76. The van der Waals surface area contributed by atoms with Gasteiger partial charge in [0.15, 0.2) is 0 Å². The van der Waals surface area contributed by atoms with Crippen LogP contribution in [0, 0.1) is 0 Å². The van der Waals surface area contributed by atoms with Gasteiger partial charge in [-0.15, -0.1) is 0 Å². The number of pyridine rings is 1. The van der Waals surface area contributed by atoms with Gasteiger partial charge in [-0.3, -0.25) is 4.98 Å². The Morgan fingerprint density at radius 2 is 2.17 bits per heavy atom. The van der Waals surface area contributed by atoms with Crippen LogP contribution in [0.3, 0.4) is 0 Å². The predicted molar refractivity (Wildman–Crippen MR) is 78.9 cm³/mol. The zero-order valence-electron chi connectivity index (χ0n) is 10.8. The second kappa shape index (κ2) is 6.21. The van der Waals surface area contributed by atoms with E-state index in [4.69, 9.17) is 0 Å². The number of fused-ring (bicyclic) bond motifs is 1. The third kappa shape index (κ3) is 3.24. The van der Waals surface area contributed by atoms with E-state index in [-0.39, 0.29) is 0 Å². The van der Waals surface area contributed by atoms with E-state index in [2.05, 4.69) is 18.8 Å². The summed E-state index contributed by atoms with van der Waals surface area (Å²) < 4.78 is 0. The van der Waals surface area contributed by atoms with Gasteiger partial charge in [0.2, 0.25) is 0 Å². The van der Waals surface area contributed by atoms with Crippen LogP contribution in [-0.2, 0) is 0 Å². The minimum atomic E-state index is -0.407. The minimum absolute atomic E-state index is 0.407. The average molecular weight is 261 g/mol. The van der Waals surface area contributed by atoms with Gasteiger partial charge in [0, 0.05) is 22.6 Å². The number of nitrogens with zero attached hydrogens (tertiary/aromatic N) is 1. The van der Waals surface area contributed by atoms with Crippen molar-refractivity contribution in [2.24, 2.45) is 0 Å². The van der Waals surface area contributed by atoms with Crippen molar-refractivity contribution in [3.63, 3.8) is 0 Å². The molecular weight excluding hydrogens is 242 g/mol. The van der Waals surface area contributed by atoms with Crippen molar-refractivity contribution in [1.29, 1.82) is 0 Å². The van der Waals surface area contributed by atoms with Crippen molar-refractivity contribution in [3.05, 3.63) is 42.1 Å². The molecule has 3 heteroatoms. The summed E-state index contributed by atoms with van der Waals surface area (Å²) >= 11 is 1.81. The average Bonchev–Trinajstić information content (AvgIpc) is 2.43. The van der Waals surface area contributed by atoms with Crippen LogP contribution >= 0.6 is 11.8 Å². The molecule has 1 heterocycles. The minimum Gasteiger partial charge on any atom is -0.388 e. The van der Waals surface area contributed by atoms with E-state index >= 15 is 0 Å². The normalized spacial score (nSPS) is 14.6. The molecule has 2 unspecified atom stereocenters. The molecule has 0 saturated carbocycles. The number of rotatable bonds is 5. The van der Waals surface area contributed by atoms with Crippen molar-refractivity contribution in [2.45, 2.75) is 31.6 Å². The van der Waals surface area contributed by atoms with Gasteiger partial charge in [0.1, 0.15) is 0 Å². The SMILES string of the molecule is CCC(C)SCC(O)c1ccc2cccnc2c1. The van der Waals surface area contributed by atoms with Gasteiger partial charge >= 0.3 is 0 Å². The highest BCUT2D eigenvalue weighted by Crippen LogP contribution is 2.24. The monoisotopic (exact) mass is 261 g/mol. The van der Waals surface area contributed by atoms with Gasteiger partial charge in [0.25, 0.3) is 0 Å². The Hall–Kier alpha value is -1.06. The van der Waals surface area contributed by atoms with Crippen LogP contribution in [0.5, 0.6) is 0 Å². The van der Waals surface area contributed by atoms with E-state index in [0.717, 1.165) is 28.6 Å². The maximum Gasteiger partial charge on any atom is 0.0881 e. The maximum atomic E-state index is 10.2. The number of benzene rings is 1. The van der Waals surface area contributed by atoms with Crippen LogP contribution in [0.25, 0.3) is 10.9 Å². The molecule has 2 rings (SSSR count). The summed E-state index contributed by atoms with van der Waals surface area (Å²) in [5.74, 6) is 0.743. The third-order valence-corrected chi connectivity index (χ3v) is 4.54. The third-order valence-electron chi connectivity index (χ3n) is 3.13. The molecule has 0 aliphatic heterocycles. The van der Waals surface area contributed by atoms with Crippen molar-refractivity contribution in [2.75, 3.05) is 5.75 Å². The molecule has 96 valence electrons. The van der Waals surface area contributed by atoms with Gasteiger partial charge in [-0.1, -0.05) is 32.0 Å². The molecular formula is C15H19NOS. The molecule has 0 aliphatic carbocycles. The maximum absolute atomic E-state index is 10.2. The molecule has 0 bridgehead atoms. The zero-order valence-corrected chi connectivity index (χ0v) is 11.7. The van der Waals surface area contributed by atoms with E-state index < -0.39 is 6.10 Å². The molecule has 0 fully saturated rings.